The van der Waals surface area contributed by atoms with E-state index in [1.54, 1.807) is 6.07 Å². The molecule has 1 amide bonds. The van der Waals surface area contributed by atoms with Gasteiger partial charge in [-0.25, -0.2) is 0 Å². The Kier molecular flexibility index (Phi) is 4.21. The predicted octanol–water partition coefficient (Wildman–Crippen LogP) is 2.75. The minimum Gasteiger partial charge on any atom is -0.347 e. The molecule has 0 bridgehead atoms. The van der Waals surface area contributed by atoms with Crippen LogP contribution in [0.4, 0.5) is 0 Å². The number of carbonyl (C=O) groups is 1. The van der Waals surface area contributed by atoms with Crippen LogP contribution >= 0.6 is 27.3 Å². The van der Waals surface area contributed by atoms with E-state index in [1.807, 2.05) is 25.3 Å². The molecule has 0 aliphatic heterocycles. The van der Waals surface area contributed by atoms with Crippen molar-refractivity contribution in [1.82, 2.24) is 10.3 Å². The first kappa shape index (κ1) is 14.0. The molecule has 19 heavy (non-hydrogen) atoms. The highest BCUT2D eigenvalue weighted by Crippen LogP contribution is 2.19. The summed E-state index contributed by atoms with van der Waals surface area (Å²) in [6, 6.07) is 3.65. The topological polar surface area (TPSA) is 62.0 Å². The van der Waals surface area contributed by atoms with Crippen molar-refractivity contribution in [1.29, 1.82) is 0 Å². The molecule has 2 N–H and O–H groups in total. The maximum atomic E-state index is 11.9. The highest BCUT2D eigenvalue weighted by molar-refractivity contribution is 9.10. The van der Waals surface area contributed by atoms with Crippen molar-refractivity contribution < 1.29 is 4.79 Å². The first-order chi connectivity index (χ1) is 8.97. The number of thiophene rings is 1. The third kappa shape index (κ3) is 3.33. The fourth-order valence-corrected chi connectivity index (χ4v) is 3.13. The minimum absolute atomic E-state index is 0.148. The van der Waals surface area contributed by atoms with Gasteiger partial charge in [-0.15, -0.1) is 11.3 Å². The second-order valence-electron chi connectivity index (χ2n) is 4.25. The lowest BCUT2D eigenvalue weighted by atomic mass is 10.1. The first-order valence-electron chi connectivity index (χ1n) is 5.69. The molecule has 0 radical (unpaired) electrons. The number of halogens is 1. The smallest absolute Gasteiger partial charge is 0.261 e. The number of H-pyrrole nitrogens is 1. The van der Waals surface area contributed by atoms with Crippen molar-refractivity contribution in [2.75, 3.05) is 0 Å². The van der Waals surface area contributed by atoms with Gasteiger partial charge in [0.25, 0.3) is 11.5 Å². The summed E-state index contributed by atoms with van der Waals surface area (Å²) in [5, 5.41) is 4.61. The minimum atomic E-state index is -0.171. The average molecular weight is 341 g/mol. The van der Waals surface area contributed by atoms with E-state index in [0.717, 1.165) is 15.7 Å². The molecule has 0 atom stereocenters. The van der Waals surface area contributed by atoms with Crippen LogP contribution in [0.5, 0.6) is 0 Å². The van der Waals surface area contributed by atoms with Crippen LogP contribution in [0.1, 0.15) is 26.5 Å². The Bertz CT molecular complexity index is 676. The highest BCUT2D eigenvalue weighted by atomic mass is 79.9. The third-order valence-corrected chi connectivity index (χ3v) is 4.40. The molecule has 0 aliphatic rings. The van der Waals surface area contributed by atoms with Crippen molar-refractivity contribution in [2.45, 2.75) is 20.4 Å². The Morgan fingerprint density at radius 1 is 1.42 bits per heavy atom. The molecule has 2 aromatic heterocycles. The summed E-state index contributed by atoms with van der Waals surface area (Å²) in [5.74, 6) is -0.171. The van der Waals surface area contributed by atoms with Crippen LogP contribution in [-0.2, 0) is 6.54 Å². The Labute approximate surface area is 123 Å². The van der Waals surface area contributed by atoms with E-state index in [0.29, 0.717) is 10.4 Å². The van der Waals surface area contributed by atoms with Gasteiger partial charge in [-0.2, -0.15) is 0 Å². The molecule has 0 spiro atoms. The van der Waals surface area contributed by atoms with Crippen molar-refractivity contribution in [3.8, 4) is 0 Å². The van der Waals surface area contributed by atoms with Gasteiger partial charge in [-0.1, -0.05) is 0 Å². The van der Waals surface area contributed by atoms with Gasteiger partial charge >= 0.3 is 0 Å². The zero-order valence-corrected chi connectivity index (χ0v) is 12.9. The maximum absolute atomic E-state index is 11.9. The van der Waals surface area contributed by atoms with Crippen LogP contribution < -0.4 is 10.9 Å². The number of aromatic nitrogens is 1. The fourth-order valence-electron chi connectivity index (χ4n) is 1.79. The summed E-state index contributed by atoms with van der Waals surface area (Å²) in [7, 11) is 0. The molecule has 2 rings (SSSR count). The summed E-state index contributed by atoms with van der Waals surface area (Å²) >= 11 is 4.66. The molecule has 0 saturated carbocycles. The fraction of sp³-hybridized carbons (Fsp3) is 0.231. The van der Waals surface area contributed by atoms with E-state index in [1.165, 1.54) is 11.3 Å². The molecular weight excluding hydrogens is 328 g/mol. The predicted molar refractivity (Wildman–Crippen MR) is 79.7 cm³/mol. The van der Waals surface area contributed by atoms with E-state index in [4.69, 9.17) is 0 Å². The zero-order chi connectivity index (χ0) is 14.0. The number of aryl methyl sites for hydroxylation is 2. The molecule has 6 heteroatoms. The van der Waals surface area contributed by atoms with E-state index in [2.05, 4.69) is 26.2 Å². The van der Waals surface area contributed by atoms with Crippen LogP contribution in [0.3, 0.4) is 0 Å². The Morgan fingerprint density at radius 2 is 2.16 bits per heavy atom. The lowest BCUT2D eigenvalue weighted by molar-refractivity contribution is 0.0955. The number of aromatic amines is 1. The number of amides is 1. The van der Waals surface area contributed by atoms with Gasteiger partial charge in [0.15, 0.2) is 0 Å². The number of hydrogen-bond acceptors (Lipinski definition) is 3. The van der Waals surface area contributed by atoms with Crippen LogP contribution in [0.2, 0.25) is 0 Å². The van der Waals surface area contributed by atoms with Crippen molar-refractivity contribution in [3.05, 3.63) is 54.0 Å². The molecule has 2 aromatic rings. The number of nitrogens with one attached hydrogen (secondary N) is 2. The lowest BCUT2D eigenvalue weighted by Crippen LogP contribution is -2.27. The van der Waals surface area contributed by atoms with Gasteiger partial charge in [0.1, 0.15) is 0 Å². The largest absolute Gasteiger partial charge is 0.347 e. The van der Waals surface area contributed by atoms with Crippen molar-refractivity contribution in [2.24, 2.45) is 0 Å². The molecule has 0 fully saturated rings. The van der Waals surface area contributed by atoms with Crippen LogP contribution in [-0.4, -0.2) is 10.9 Å². The summed E-state index contributed by atoms with van der Waals surface area (Å²) in [6.07, 6.45) is 0. The standard InChI is InChI=1S/C13H13BrN2O2S/c1-7-3-8(2)16-12(17)10(7)5-15-13(18)11-4-9(14)6-19-11/h3-4,6H,5H2,1-2H3,(H,15,18)(H,16,17). The second-order valence-corrected chi connectivity index (χ2v) is 6.08. The number of hydrogen-bond donors (Lipinski definition) is 2. The molecule has 4 nitrogen and oxygen atoms in total. The van der Waals surface area contributed by atoms with E-state index >= 15 is 0 Å². The van der Waals surface area contributed by atoms with E-state index < -0.39 is 0 Å². The molecule has 100 valence electrons. The van der Waals surface area contributed by atoms with Crippen molar-refractivity contribution >= 4 is 33.2 Å². The maximum Gasteiger partial charge on any atom is 0.261 e. The van der Waals surface area contributed by atoms with Gasteiger partial charge in [0.2, 0.25) is 0 Å². The first-order valence-corrected chi connectivity index (χ1v) is 7.36. The van der Waals surface area contributed by atoms with Gasteiger partial charge in [-0.05, 0) is 47.5 Å². The molecular formula is C13H13BrN2O2S. The van der Waals surface area contributed by atoms with Crippen LogP contribution in [0.25, 0.3) is 0 Å². The number of rotatable bonds is 3. The molecule has 0 saturated heterocycles. The normalized spacial score (nSPS) is 10.5. The van der Waals surface area contributed by atoms with Crippen molar-refractivity contribution in [3.63, 3.8) is 0 Å². The summed E-state index contributed by atoms with van der Waals surface area (Å²) in [6.45, 7) is 3.93. The Hall–Kier alpha value is -1.40. The third-order valence-electron chi connectivity index (χ3n) is 2.71. The van der Waals surface area contributed by atoms with Gasteiger partial charge < -0.3 is 10.3 Å². The lowest BCUT2D eigenvalue weighted by Gasteiger charge is -2.07. The summed E-state index contributed by atoms with van der Waals surface area (Å²) in [5.41, 5.74) is 2.15. The monoisotopic (exact) mass is 340 g/mol. The van der Waals surface area contributed by atoms with Gasteiger partial charge in [0.05, 0.1) is 4.88 Å². The number of carbonyl (C=O) groups excluding carboxylic acids is 1. The average Bonchev–Trinajstić information content (AvgIpc) is 2.74. The summed E-state index contributed by atoms with van der Waals surface area (Å²) in [4.78, 5) is 27.0. The molecule has 0 unspecified atom stereocenters. The van der Waals surface area contributed by atoms with Gasteiger partial charge in [-0.3, -0.25) is 9.59 Å². The molecule has 0 aromatic carbocycles. The second kappa shape index (κ2) is 5.71. The summed E-state index contributed by atoms with van der Waals surface area (Å²) < 4.78 is 0.881. The SMILES string of the molecule is Cc1cc(C)c(CNC(=O)c2cc(Br)cs2)c(=O)[nH]1. The highest BCUT2D eigenvalue weighted by Gasteiger charge is 2.10. The Morgan fingerprint density at radius 3 is 2.74 bits per heavy atom. The molecule has 0 aliphatic carbocycles. The van der Waals surface area contributed by atoms with E-state index in [-0.39, 0.29) is 18.0 Å². The van der Waals surface area contributed by atoms with Crippen LogP contribution in [0, 0.1) is 13.8 Å². The van der Waals surface area contributed by atoms with E-state index in [9.17, 15) is 9.59 Å². The van der Waals surface area contributed by atoms with Gasteiger partial charge in [0, 0.05) is 27.7 Å². The molecule has 2 heterocycles. The number of pyridine rings is 1. The zero-order valence-electron chi connectivity index (χ0n) is 10.5. The Balaban J connectivity index is 2.11. The van der Waals surface area contributed by atoms with Crippen LogP contribution in [0.15, 0.2) is 26.8 Å². The quantitative estimate of drug-likeness (QED) is 0.902.